The SMILES string of the molecule is NC(=S)N/N=C/c1ccnc2ccc(Cl)cc12. The van der Waals surface area contributed by atoms with E-state index in [1.54, 1.807) is 18.5 Å². The third kappa shape index (κ3) is 2.89. The molecule has 1 aromatic carbocycles. The Morgan fingerprint density at radius 3 is 3.06 bits per heavy atom. The number of nitrogens with zero attached hydrogens (tertiary/aromatic N) is 2. The summed E-state index contributed by atoms with van der Waals surface area (Å²) in [5.41, 5.74) is 9.51. The topological polar surface area (TPSA) is 63.3 Å². The molecule has 0 saturated heterocycles. The van der Waals surface area contributed by atoms with Crippen LogP contribution in [0.2, 0.25) is 5.02 Å². The molecule has 0 saturated carbocycles. The summed E-state index contributed by atoms with van der Waals surface area (Å²) in [4.78, 5) is 4.23. The maximum Gasteiger partial charge on any atom is 0.184 e. The van der Waals surface area contributed by atoms with Crippen LogP contribution in [0.5, 0.6) is 0 Å². The number of rotatable bonds is 2. The van der Waals surface area contributed by atoms with Crippen molar-refractivity contribution in [3.05, 3.63) is 41.0 Å². The van der Waals surface area contributed by atoms with E-state index >= 15 is 0 Å². The van der Waals surface area contributed by atoms with E-state index in [2.05, 4.69) is 27.7 Å². The Hall–Kier alpha value is -1.72. The van der Waals surface area contributed by atoms with Gasteiger partial charge in [-0.1, -0.05) is 11.6 Å². The van der Waals surface area contributed by atoms with Gasteiger partial charge in [0.1, 0.15) is 0 Å². The molecular weight excluding hydrogens is 256 g/mol. The van der Waals surface area contributed by atoms with Crippen LogP contribution in [0.15, 0.2) is 35.6 Å². The second-order valence-corrected chi connectivity index (χ2v) is 4.17. The molecule has 6 heteroatoms. The predicted octanol–water partition coefficient (Wildman–Crippen LogP) is 2.06. The molecule has 0 unspecified atom stereocenters. The summed E-state index contributed by atoms with van der Waals surface area (Å²) in [5, 5.41) is 5.61. The standard InChI is InChI=1S/C11H9ClN4S/c12-8-1-2-10-9(5-8)7(3-4-14-10)6-15-16-11(13)17/h1-6H,(H3,13,16,17)/b15-6+. The van der Waals surface area contributed by atoms with Crippen molar-refractivity contribution >= 4 is 46.0 Å². The van der Waals surface area contributed by atoms with Gasteiger partial charge in [0.2, 0.25) is 0 Å². The summed E-state index contributed by atoms with van der Waals surface area (Å²) in [6, 6.07) is 7.33. The molecule has 1 aromatic heterocycles. The molecule has 0 radical (unpaired) electrons. The van der Waals surface area contributed by atoms with Crippen molar-refractivity contribution in [2.45, 2.75) is 0 Å². The highest BCUT2D eigenvalue weighted by Crippen LogP contribution is 2.19. The average Bonchev–Trinajstić information content (AvgIpc) is 2.29. The molecule has 0 aliphatic rings. The van der Waals surface area contributed by atoms with Crippen molar-refractivity contribution in [2.75, 3.05) is 0 Å². The fourth-order valence-corrected chi connectivity index (χ4v) is 1.64. The van der Waals surface area contributed by atoms with Crippen LogP contribution in [-0.2, 0) is 0 Å². The number of hydrazone groups is 1. The first kappa shape index (κ1) is 11.8. The summed E-state index contributed by atoms with van der Waals surface area (Å²) >= 11 is 10.6. The van der Waals surface area contributed by atoms with Gasteiger partial charge in [0.05, 0.1) is 11.7 Å². The van der Waals surface area contributed by atoms with Gasteiger partial charge in [-0.15, -0.1) is 0 Å². The molecule has 2 rings (SSSR count). The number of pyridine rings is 1. The van der Waals surface area contributed by atoms with Crippen LogP contribution in [0.25, 0.3) is 10.9 Å². The lowest BCUT2D eigenvalue weighted by Crippen LogP contribution is -2.24. The van der Waals surface area contributed by atoms with E-state index in [-0.39, 0.29) is 5.11 Å². The molecule has 0 amide bonds. The Morgan fingerprint density at radius 2 is 2.29 bits per heavy atom. The molecule has 0 atom stereocenters. The van der Waals surface area contributed by atoms with E-state index in [1.165, 1.54) is 0 Å². The van der Waals surface area contributed by atoms with Gasteiger partial charge in [0.15, 0.2) is 5.11 Å². The molecule has 0 spiro atoms. The minimum absolute atomic E-state index is 0.123. The third-order valence-corrected chi connectivity index (χ3v) is 2.44. The van der Waals surface area contributed by atoms with E-state index in [1.807, 2.05) is 18.2 Å². The van der Waals surface area contributed by atoms with Crippen LogP contribution in [-0.4, -0.2) is 16.3 Å². The minimum atomic E-state index is 0.123. The van der Waals surface area contributed by atoms with Gasteiger partial charge in [-0.25, -0.2) is 0 Å². The van der Waals surface area contributed by atoms with Crippen LogP contribution in [0.3, 0.4) is 0 Å². The Labute approximate surface area is 108 Å². The van der Waals surface area contributed by atoms with Crippen molar-refractivity contribution in [1.82, 2.24) is 10.4 Å². The Bertz CT molecular complexity index is 597. The number of nitrogens with two attached hydrogens (primary N) is 1. The zero-order valence-electron chi connectivity index (χ0n) is 8.72. The van der Waals surface area contributed by atoms with Crippen molar-refractivity contribution in [1.29, 1.82) is 0 Å². The number of nitrogens with one attached hydrogen (secondary N) is 1. The molecule has 17 heavy (non-hydrogen) atoms. The Morgan fingerprint density at radius 1 is 1.47 bits per heavy atom. The molecule has 1 heterocycles. The molecule has 0 bridgehead atoms. The molecular formula is C11H9ClN4S. The maximum absolute atomic E-state index is 5.95. The molecule has 0 aliphatic carbocycles. The number of benzene rings is 1. The summed E-state index contributed by atoms with van der Waals surface area (Å²) < 4.78 is 0. The number of hydrogen-bond donors (Lipinski definition) is 2. The zero-order valence-corrected chi connectivity index (χ0v) is 10.3. The monoisotopic (exact) mass is 264 g/mol. The number of fused-ring (bicyclic) bond motifs is 1. The fraction of sp³-hybridized carbons (Fsp3) is 0. The summed E-state index contributed by atoms with van der Waals surface area (Å²) in [5.74, 6) is 0. The zero-order chi connectivity index (χ0) is 12.3. The van der Waals surface area contributed by atoms with Crippen LogP contribution in [0, 0.1) is 0 Å². The predicted molar refractivity (Wildman–Crippen MR) is 74.3 cm³/mol. The summed E-state index contributed by atoms with van der Waals surface area (Å²) in [6.45, 7) is 0. The average molecular weight is 265 g/mol. The van der Waals surface area contributed by atoms with Crippen LogP contribution in [0.4, 0.5) is 0 Å². The highest BCUT2D eigenvalue weighted by molar-refractivity contribution is 7.80. The quantitative estimate of drug-likeness (QED) is 0.495. The highest BCUT2D eigenvalue weighted by atomic mass is 35.5. The van der Waals surface area contributed by atoms with Gasteiger partial charge in [-0.2, -0.15) is 5.10 Å². The van der Waals surface area contributed by atoms with E-state index in [4.69, 9.17) is 17.3 Å². The number of aromatic nitrogens is 1. The van der Waals surface area contributed by atoms with Crippen LogP contribution < -0.4 is 11.2 Å². The van der Waals surface area contributed by atoms with E-state index in [0.717, 1.165) is 16.5 Å². The maximum atomic E-state index is 5.95. The first-order valence-corrected chi connectivity index (χ1v) is 5.58. The first-order valence-electron chi connectivity index (χ1n) is 4.79. The molecule has 0 aliphatic heterocycles. The van der Waals surface area contributed by atoms with Crippen molar-refractivity contribution in [3.63, 3.8) is 0 Å². The molecule has 4 nitrogen and oxygen atoms in total. The lowest BCUT2D eigenvalue weighted by Gasteiger charge is -2.01. The molecule has 0 fully saturated rings. The fourth-order valence-electron chi connectivity index (χ4n) is 1.42. The highest BCUT2D eigenvalue weighted by Gasteiger charge is 2.00. The van der Waals surface area contributed by atoms with E-state index < -0.39 is 0 Å². The lowest BCUT2D eigenvalue weighted by molar-refractivity contribution is 1.04. The molecule has 3 N–H and O–H groups in total. The van der Waals surface area contributed by atoms with Gasteiger partial charge >= 0.3 is 0 Å². The second-order valence-electron chi connectivity index (χ2n) is 3.30. The molecule has 86 valence electrons. The lowest BCUT2D eigenvalue weighted by atomic mass is 10.1. The number of thiocarbonyl (C=S) groups is 1. The van der Waals surface area contributed by atoms with Gasteiger partial charge in [-0.3, -0.25) is 10.4 Å². The van der Waals surface area contributed by atoms with Gasteiger partial charge < -0.3 is 5.73 Å². The van der Waals surface area contributed by atoms with Gasteiger partial charge in [-0.05, 0) is 36.5 Å². The van der Waals surface area contributed by atoms with Crippen molar-refractivity contribution < 1.29 is 0 Å². The second kappa shape index (κ2) is 5.07. The smallest absolute Gasteiger partial charge is 0.184 e. The Balaban J connectivity index is 2.43. The van der Waals surface area contributed by atoms with Crippen molar-refractivity contribution in [3.8, 4) is 0 Å². The van der Waals surface area contributed by atoms with Crippen LogP contribution in [0.1, 0.15) is 5.56 Å². The largest absolute Gasteiger partial charge is 0.375 e. The summed E-state index contributed by atoms with van der Waals surface area (Å²) in [7, 11) is 0. The third-order valence-electron chi connectivity index (χ3n) is 2.12. The van der Waals surface area contributed by atoms with Gasteiger partial charge in [0, 0.05) is 22.2 Å². The Kier molecular flexibility index (Phi) is 3.51. The van der Waals surface area contributed by atoms with Gasteiger partial charge in [0.25, 0.3) is 0 Å². The van der Waals surface area contributed by atoms with Crippen molar-refractivity contribution in [2.24, 2.45) is 10.8 Å². The minimum Gasteiger partial charge on any atom is -0.375 e. The molecule has 2 aromatic rings. The summed E-state index contributed by atoms with van der Waals surface area (Å²) in [6.07, 6.45) is 3.33. The first-order chi connectivity index (χ1) is 8.16. The normalized spacial score (nSPS) is 10.9. The van der Waals surface area contributed by atoms with E-state index in [0.29, 0.717) is 5.02 Å². The van der Waals surface area contributed by atoms with Crippen LogP contribution >= 0.6 is 23.8 Å². The number of hydrogen-bond acceptors (Lipinski definition) is 3. The number of halogens is 1. The van der Waals surface area contributed by atoms with E-state index in [9.17, 15) is 0 Å².